The molecule has 0 aromatic heterocycles. The van der Waals surface area contributed by atoms with Crippen molar-refractivity contribution in [3.05, 3.63) is 35.4 Å². The fourth-order valence-corrected chi connectivity index (χ4v) is 3.59. The first-order valence-corrected chi connectivity index (χ1v) is 8.36. The molecular weight excluding hydrogens is 276 g/mol. The average molecular weight is 304 g/mol. The standard InChI is InChI=1S/C18H28N2O2/c1-3-20(4-2)13-16-9-5-6-11-18(16,22)15-10-7-8-14(12-15)17(19)21/h7-8,10,12,16,22H,3-6,9,11,13H2,1-2H3,(H2,19,21). The van der Waals surface area contributed by atoms with Crippen molar-refractivity contribution in [1.82, 2.24) is 4.90 Å². The Kier molecular flexibility index (Phi) is 5.59. The maximum Gasteiger partial charge on any atom is 0.248 e. The fourth-order valence-electron chi connectivity index (χ4n) is 3.59. The minimum Gasteiger partial charge on any atom is -0.385 e. The number of benzene rings is 1. The van der Waals surface area contributed by atoms with Crippen molar-refractivity contribution in [1.29, 1.82) is 0 Å². The molecule has 4 heteroatoms. The van der Waals surface area contributed by atoms with E-state index in [1.54, 1.807) is 12.1 Å². The number of hydrogen-bond acceptors (Lipinski definition) is 3. The molecule has 1 aliphatic carbocycles. The Morgan fingerprint density at radius 1 is 1.36 bits per heavy atom. The molecule has 0 heterocycles. The summed E-state index contributed by atoms with van der Waals surface area (Å²) in [5, 5.41) is 11.4. The first-order valence-electron chi connectivity index (χ1n) is 8.36. The molecule has 4 nitrogen and oxygen atoms in total. The third-order valence-electron chi connectivity index (χ3n) is 5.06. The van der Waals surface area contributed by atoms with Crippen LogP contribution in [0.2, 0.25) is 0 Å². The van der Waals surface area contributed by atoms with Gasteiger partial charge in [-0.25, -0.2) is 0 Å². The second-order valence-electron chi connectivity index (χ2n) is 6.30. The molecule has 1 aromatic carbocycles. The Balaban J connectivity index is 2.30. The molecule has 122 valence electrons. The lowest BCUT2D eigenvalue weighted by Gasteiger charge is -2.42. The summed E-state index contributed by atoms with van der Waals surface area (Å²) in [4.78, 5) is 13.8. The Morgan fingerprint density at radius 3 is 2.73 bits per heavy atom. The molecule has 1 aromatic rings. The van der Waals surface area contributed by atoms with Crippen molar-refractivity contribution in [2.75, 3.05) is 19.6 Å². The molecular formula is C18H28N2O2. The van der Waals surface area contributed by atoms with Crippen molar-refractivity contribution >= 4 is 5.91 Å². The van der Waals surface area contributed by atoms with Crippen molar-refractivity contribution in [3.63, 3.8) is 0 Å². The smallest absolute Gasteiger partial charge is 0.248 e. The summed E-state index contributed by atoms with van der Waals surface area (Å²) in [6.45, 7) is 7.18. The summed E-state index contributed by atoms with van der Waals surface area (Å²) in [5.74, 6) is -0.245. The highest BCUT2D eigenvalue weighted by atomic mass is 16.3. The van der Waals surface area contributed by atoms with Gasteiger partial charge in [-0.05, 0) is 43.6 Å². The first-order chi connectivity index (χ1) is 10.5. The average Bonchev–Trinajstić information content (AvgIpc) is 2.54. The van der Waals surface area contributed by atoms with E-state index in [2.05, 4.69) is 18.7 Å². The number of hydrogen-bond donors (Lipinski definition) is 2. The Hall–Kier alpha value is -1.39. The summed E-state index contributed by atoms with van der Waals surface area (Å²) in [5.41, 5.74) is 5.83. The van der Waals surface area contributed by atoms with Gasteiger partial charge >= 0.3 is 0 Å². The van der Waals surface area contributed by atoms with Crippen LogP contribution in [0.25, 0.3) is 0 Å². The largest absolute Gasteiger partial charge is 0.385 e. The number of primary amides is 1. The van der Waals surface area contributed by atoms with Gasteiger partial charge in [-0.1, -0.05) is 38.8 Å². The van der Waals surface area contributed by atoms with E-state index in [0.29, 0.717) is 5.56 Å². The van der Waals surface area contributed by atoms with Crippen molar-refractivity contribution < 1.29 is 9.90 Å². The molecule has 2 unspecified atom stereocenters. The van der Waals surface area contributed by atoms with Gasteiger partial charge in [0.2, 0.25) is 5.91 Å². The van der Waals surface area contributed by atoms with Crippen LogP contribution in [0.5, 0.6) is 0 Å². The van der Waals surface area contributed by atoms with Crippen LogP contribution >= 0.6 is 0 Å². The molecule has 0 aliphatic heterocycles. The number of nitrogens with zero attached hydrogens (tertiary/aromatic N) is 1. The van der Waals surface area contributed by atoms with Crippen LogP contribution in [0.15, 0.2) is 24.3 Å². The van der Waals surface area contributed by atoms with Gasteiger partial charge in [0, 0.05) is 18.0 Å². The molecule has 1 amide bonds. The van der Waals surface area contributed by atoms with Crippen LogP contribution in [0.3, 0.4) is 0 Å². The first kappa shape index (κ1) is 17.0. The van der Waals surface area contributed by atoms with E-state index in [9.17, 15) is 9.90 Å². The minimum atomic E-state index is -0.855. The Bertz CT molecular complexity index is 514. The molecule has 0 bridgehead atoms. The van der Waals surface area contributed by atoms with Crippen LogP contribution in [-0.2, 0) is 5.60 Å². The summed E-state index contributed by atoms with van der Waals surface area (Å²) >= 11 is 0. The molecule has 1 aliphatic rings. The molecule has 22 heavy (non-hydrogen) atoms. The van der Waals surface area contributed by atoms with Crippen LogP contribution < -0.4 is 5.73 Å². The van der Waals surface area contributed by atoms with E-state index < -0.39 is 11.5 Å². The lowest BCUT2D eigenvalue weighted by molar-refractivity contribution is -0.0649. The number of amides is 1. The minimum absolute atomic E-state index is 0.198. The van der Waals surface area contributed by atoms with E-state index in [4.69, 9.17) is 5.73 Å². The normalized spacial score (nSPS) is 25.4. The van der Waals surface area contributed by atoms with Crippen LogP contribution in [0, 0.1) is 5.92 Å². The number of aliphatic hydroxyl groups is 1. The Morgan fingerprint density at radius 2 is 2.09 bits per heavy atom. The van der Waals surface area contributed by atoms with Gasteiger partial charge in [-0.15, -0.1) is 0 Å². The van der Waals surface area contributed by atoms with E-state index in [1.165, 1.54) is 0 Å². The second-order valence-corrected chi connectivity index (χ2v) is 6.30. The molecule has 0 spiro atoms. The molecule has 2 atom stereocenters. The number of carbonyl (C=O) groups is 1. The van der Waals surface area contributed by atoms with Gasteiger partial charge in [0.25, 0.3) is 0 Å². The molecule has 1 fully saturated rings. The predicted octanol–water partition coefficient (Wildman–Crippen LogP) is 2.51. The van der Waals surface area contributed by atoms with Gasteiger partial charge < -0.3 is 15.7 Å². The quantitative estimate of drug-likeness (QED) is 0.848. The zero-order valence-electron chi connectivity index (χ0n) is 13.7. The van der Waals surface area contributed by atoms with Gasteiger partial charge in [-0.2, -0.15) is 0 Å². The van der Waals surface area contributed by atoms with Gasteiger partial charge in [0.15, 0.2) is 0 Å². The highest BCUT2D eigenvalue weighted by Crippen LogP contribution is 2.42. The topological polar surface area (TPSA) is 66.6 Å². The number of rotatable bonds is 6. The second kappa shape index (κ2) is 7.25. The lowest BCUT2D eigenvalue weighted by atomic mass is 9.71. The summed E-state index contributed by atoms with van der Waals surface area (Å²) in [7, 11) is 0. The van der Waals surface area contributed by atoms with E-state index >= 15 is 0 Å². The summed E-state index contributed by atoms with van der Waals surface area (Å²) < 4.78 is 0. The monoisotopic (exact) mass is 304 g/mol. The summed E-state index contributed by atoms with van der Waals surface area (Å²) in [6.07, 6.45) is 3.95. The number of carbonyl (C=O) groups excluding carboxylic acids is 1. The molecule has 3 N–H and O–H groups in total. The van der Waals surface area contributed by atoms with Crippen molar-refractivity contribution in [2.45, 2.75) is 45.1 Å². The Labute approximate surface area is 133 Å². The lowest BCUT2D eigenvalue weighted by Crippen LogP contribution is -2.44. The zero-order chi connectivity index (χ0) is 16.2. The van der Waals surface area contributed by atoms with Gasteiger partial charge in [0.1, 0.15) is 0 Å². The highest BCUT2D eigenvalue weighted by Gasteiger charge is 2.40. The predicted molar refractivity (Wildman–Crippen MR) is 88.6 cm³/mol. The molecule has 2 rings (SSSR count). The maximum absolute atomic E-state index is 11.4. The highest BCUT2D eigenvalue weighted by molar-refractivity contribution is 5.92. The van der Waals surface area contributed by atoms with Crippen molar-refractivity contribution in [3.8, 4) is 0 Å². The van der Waals surface area contributed by atoms with Gasteiger partial charge in [0.05, 0.1) is 5.60 Å². The molecule has 0 saturated heterocycles. The molecule has 1 saturated carbocycles. The van der Waals surface area contributed by atoms with E-state index in [0.717, 1.165) is 50.9 Å². The maximum atomic E-state index is 11.4. The number of nitrogens with two attached hydrogens (primary N) is 1. The molecule has 0 radical (unpaired) electrons. The van der Waals surface area contributed by atoms with E-state index in [1.807, 2.05) is 12.1 Å². The van der Waals surface area contributed by atoms with Crippen molar-refractivity contribution in [2.24, 2.45) is 11.7 Å². The van der Waals surface area contributed by atoms with Crippen LogP contribution in [-0.4, -0.2) is 35.5 Å². The third kappa shape index (κ3) is 3.50. The third-order valence-corrected chi connectivity index (χ3v) is 5.06. The fraction of sp³-hybridized carbons (Fsp3) is 0.611. The SMILES string of the molecule is CCN(CC)CC1CCCCC1(O)c1cccc(C(N)=O)c1. The summed E-state index contributed by atoms with van der Waals surface area (Å²) in [6, 6.07) is 7.21. The van der Waals surface area contributed by atoms with Crippen LogP contribution in [0.4, 0.5) is 0 Å². The van der Waals surface area contributed by atoms with Gasteiger partial charge in [-0.3, -0.25) is 4.79 Å². The van der Waals surface area contributed by atoms with E-state index in [-0.39, 0.29) is 5.92 Å². The van der Waals surface area contributed by atoms with Crippen LogP contribution in [0.1, 0.15) is 55.5 Å². The zero-order valence-corrected chi connectivity index (χ0v) is 13.7.